The number of rotatable bonds is 8. The minimum absolute atomic E-state index is 0.129. The minimum Gasteiger partial charge on any atom is -0.479 e. The summed E-state index contributed by atoms with van der Waals surface area (Å²) in [5.41, 5.74) is 3.33. The third-order valence-corrected chi connectivity index (χ3v) is 5.17. The van der Waals surface area contributed by atoms with E-state index in [1.54, 1.807) is 54.6 Å². The highest BCUT2D eigenvalue weighted by Gasteiger charge is 2.28. The third kappa shape index (κ3) is 5.39. The first-order valence-corrected chi connectivity index (χ1v) is 9.96. The number of aromatic carboxylic acids is 1. The molecule has 0 aliphatic rings. The zero-order valence-corrected chi connectivity index (χ0v) is 17.4. The van der Waals surface area contributed by atoms with E-state index in [0.717, 1.165) is 11.1 Å². The number of hydrogen-bond donors (Lipinski definition) is 4. The Bertz CT molecular complexity index is 1140. The number of carboxylic acids is 2. The van der Waals surface area contributed by atoms with Crippen molar-refractivity contribution in [3.8, 4) is 11.1 Å². The maximum absolute atomic E-state index is 12.9. The fourth-order valence-corrected chi connectivity index (χ4v) is 3.43. The van der Waals surface area contributed by atoms with E-state index in [1.165, 1.54) is 12.1 Å². The van der Waals surface area contributed by atoms with Crippen molar-refractivity contribution < 1.29 is 29.7 Å². The molecular formula is C25H23NO6. The fourth-order valence-electron chi connectivity index (χ4n) is 3.43. The Morgan fingerprint density at radius 3 is 2.25 bits per heavy atom. The van der Waals surface area contributed by atoms with Crippen LogP contribution in [0, 0.1) is 6.92 Å². The highest BCUT2D eigenvalue weighted by atomic mass is 16.4. The number of aliphatic hydroxyl groups is 1. The molecule has 0 radical (unpaired) electrons. The van der Waals surface area contributed by atoms with Crippen LogP contribution in [0.2, 0.25) is 0 Å². The second kappa shape index (κ2) is 9.89. The average Bonchev–Trinajstić information content (AvgIpc) is 2.79. The Balaban J connectivity index is 1.89. The molecule has 0 heterocycles. The number of aryl methyl sites for hydroxylation is 1. The number of carbonyl (C=O) groups excluding carboxylic acids is 1. The van der Waals surface area contributed by atoms with Gasteiger partial charge in [-0.3, -0.25) is 4.79 Å². The van der Waals surface area contributed by atoms with Gasteiger partial charge in [0.1, 0.15) is 0 Å². The van der Waals surface area contributed by atoms with Crippen LogP contribution in [0.5, 0.6) is 0 Å². The van der Waals surface area contributed by atoms with Gasteiger partial charge in [-0.15, -0.1) is 0 Å². The summed E-state index contributed by atoms with van der Waals surface area (Å²) in [4.78, 5) is 35.6. The molecule has 2 unspecified atom stereocenters. The molecule has 3 aromatic carbocycles. The Morgan fingerprint density at radius 1 is 0.875 bits per heavy atom. The molecule has 1 amide bonds. The van der Waals surface area contributed by atoms with Gasteiger partial charge >= 0.3 is 11.9 Å². The fraction of sp³-hybridized carbons (Fsp3) is 0.160. The van der Waals surface area contributed by atoms with E-state index >= 15 is 0 Å². The molecule has 0 fully saturated rings. The van der Waals surface area contributed by atoms with Crippen LogP contribution in [-0.4, -0.2) is 45.3 Å². The van der Waals surface area contributed by atoms with Crippen LogP contribution in [0.3, 0.4) is 0 Å². The summed E-state index contributed by atoms with van der Waals surface area (Å²) >= 11 is 0. The molecule has 0 saturated carbocycles. The lowest BCUT2D eigenvalue weighted by Crippen LogP contribution is -2.48. The van der Waals surface area contributed by atoms with Gasteiger partial charge in [-0.1, -0.05) is 48.5 Å². The molecule has 3 aromatic rings. The molecule has 32 heavy (non-hydrogen) atoms. The summed E-state index contributed by atoms with van der Waals surface area (Å²) in [7, 11) is 0. The van der Waals surface area contributed by atoms with Gasteiger partial charge in [0.15, 0.2) is 6.10 Å². The first-order chi connectivity index (χ1) is 15.3. The molecule has 3 rings (SSSR count). The van der Waals surface area contributed by atoms with Crippen molar-refractivity contribution in [3.63, 3.8) is 0 Å². The lowest BCUT2D eigenvalue weighted by atomic mass is 9.96. The number of amides is 1. The zero-order valence-electron chi connectivity index (χ0n) is 17.4. The lowest BCUT2D eigenvalue weighted by Gasteiger charge is -2.22. The standard InChI is InChI=1S/C25H23NO6/c1-15-10-11-18(14-20(15)17-8-5-9-19(13-17)24(29)30)23(28)26-21(22(27)25(31)32)12-16-6-3-2-4-7-16/h2-11,13-14,21-22,27H,12H2,1H3,(H,26,28)(H,29,30)(H,31,32). The number of aliphatic hydroxyl groups excluding tert-OH is 1. The molecule has 4 N–H and O–H groups in total. The second-order valence-corrected chi connectivity index (χ2v) is 7.47. The van der Waals surface area contributed by atoms with E-state index in [0.29, 0.717) is 11.1 Å². The molecule has 0 saturated heterocycles. The molecule has 0 spiro atoms. The predicted octanol–water partition coefficient (Wildman–Crippen LogP) is 3.15. The van der Waals surface area contributed by atoms with E-state index in [1.807, 2.05) is 13.0 Å². The van der Waals surface area contributed by atoms with Crippen LogP contribution < -0.4 is 5.32 Å². The van der Waals surface area contributed by atoms with Crippen molar-refractivity contribution in [2.75, 3.05) is 0 Å². The van der Waals surface area contributed by atoms with E-state index < -0.39 is 30.0 Å². The molecule has 0 aromatic heterocycles. The van der Waals surface area contributed by atoms with Crippen LogP contribution in [0.1, 0.15) is 31.8 Å². The number of nitrogens with one attached hydrogen (secondary N) is 1. The first kappa shape index (κ1) is 22.7. The normalized spacial score (nSPS) is 12.6. The highest BCUT2D eigenvalue weighted by molar-refractivity contribution is 5.97. The lowest BCUT2D eigenvalue weighted by molar-refractivity contribution is -0.148. The van der Waals surface area contributed by atoms with E-state index in [4.69, 9.17) is 0 Å². The Kier molecular flexibility index (Phi) is 7.02. The second-order valence-electron chi connectivity index (χ2n) is 7.47. The Hall–Kier alpha value is -3.97. The Morgan fingerprint density at radius 2 is 1.59 bits per heavy atom. The van der Waals surface area contributed by atoms with E-state index in [2.05, 4.69) is 5.32 Å². The Labute approximate surface area is 185 Å². The number of hydrogen-bond acceptors (Lipinski definition) is 4. The van der Waals surface area contributed by atoms with Crippen LogP contribution in [-0.2, 0) is 11.2 Å². The summed E-state index contributed by atoms with van der Waals surface area (Å²) in [5.74, 6) is -3.02. The maximum atomic E-state index is 12.9. The summed E-state index contributed by atoms with van der Waals surface area (Å²) < 4.78 is 0. The van der Waals surface area contributed by atoms with Gasteiger partial charge in [-0.25, -0.2) is 9.59 Å². The third-order valence-electron chi connectivity index (χ3n) is 5.17. The van der Waals surface area contributed by atoms with Crippen LogP contribution in [0.15, 0.2) is 72.8 Å². The van der Waals surface area contributed by atoms with Crippen LogP contribution in [0.25, 0.3) is 11.1 Å². The number of carbonyl (C=O) groups is 3. The van der Waals surface area contributed by atoms with Gasteiger partial charge in [0.25, 0.3) is 5.91 Å². The topological polar surface area (TPSA) is 124 Å². The summed E-state index contributed by atoms with van der Waals surface area (Å²) in [6.07, 6.45) is -1.64. The van der Waals surface area contributed by atoms with Crippen molar-refractivity contribution in [2.24, 2.45) is 0 Å². The molecule has 7 heteroatoms. The number of benzene rings is 3. The van der Waals surface area contributed by atoms with Crippen molar-refractivity contribution in [1.82, 2.24) is 5.32 Å². The first-order valence-electron chi connectivity index (χ1n) is 9.96. The largest absolute Gasteiger partial charge is 0.479 e. The molecule has 7 nitrogen and oxygen atoms in total. The van der Waals surface area contributed by atoms with Crippen molar-refractivity contribution >= 4 is 17.8 Å². The molecular weight excluding hydrogens is 410 g/mol. The van der Waals surface area contributed by atoms with E-state index in [-0.39, 0.29) is 17.5 Å². The van der Waals surface area contributed by atoms with Gasteiger partial charge < -0.3 is 20.6 Å². The molecule has 0 bridgehead atoms. The van der Waals surface area contributed by atoms with Gasteiger partial charge in [0.05, 0.1) is 11.6 Å². The summed E-state index contributed by atoms with van der Waals surface area (Å²) in [6, 6.07) is 19.3. The summed E-state index contributed by atoms with van der Waals surface area (Å²) in [5, 5.41) is 31.3. The van der Waals surface area contributed by atoms with Gasteiger partial charge in [-0.05, 0) is 59.9 Å². The molecule has 0 aliphatic carbocycles. The molecule has 2 atom stereocenters. The average molecular weight is 433 g/mol. The highest BCUT2D eigenvalue weighted by Crippen LogP contribution is 2.26. The number of aliphatic carboxylic acids is 1. The van der Waals surface area contributed by atoms with E-state index in [9.17, 15) is 29.7 Å². The quantitative estimate of drug-likeness (QED) is 0.433. The van der Waals surface area contributed by atoms with Crippen molar-refractivity contribution in [1.29, 1.82) is 0 Å². The predicted molar refractivity (Wildman–Crippen MR) is 119 cm³/mol. The van der Waals surface area contributed by atoms with Crippen LogP contribution in [0.4, 0.5) is 0 Å². The van der Waals surface area contributed by atoms with Gasteiger partial charge in [0, 0.05) is 5.56 Å². The maximum Gasteiger partial charge on any atom is 0.335 e. The number of carboxylic acid groups (broad SMARTS) is 2. The molecule has 164 valence electrons. The van der Waals surface area contributed by atoms with Crippen molar-refractivity contribution in [3.05, 3.63) is 95.1 Å². The minimum atomic E-state index is -1.78. The smallest absolute Gasteiger partial charge is 0.335 e. The molecule has 0 aliphatic heterocycles. The zero-order chi connectivity index (χ0) is 23.3. The SMILES string of the molecule is Cc1ccc(C(=O)NC(Cc2ccccc2)C(O)C(=O)O)cc1-c1cccc(C(=O)O)c1. The van der Waals surface area contributed by atoms with Crippen molar-refractivity contribution in [2.45, 2.75) is 25.5 Å². The monoisotopic (exact) mass is 433 g/mol. The summed E-state index contributed by atoms with van der Waals surface area (Å²) in [6.45, 7) is 1.84. The van der Waals surface area contributed by atoms with Gasteiger partial charge in [0.2, 0.25) is 0 Å². The van der Waals surface area contributed by atoms with Gasteiger partial charge in [-0.2, -0.15) is 0 Å². The van der Waals surface area contributed by atoms with Crippen LogP contribution >= 0.6 is 0 Å².